The highest BCUT2D eigenvalue weighted by Gasteiger charge is 2.30. The zero-order chi connectivity index (χ0) is 18.8. The molecule has 2 heterocycles. The van der Waals surface area contributed by atoms with Crippen molar-refractivity contribution in [2.24, 2.45) is 0 Å². The molecular weight excluding hydrogens is 332 g/mol. The summed E-state index contributed by atoms with van der Waals surface area (Å²) in [6, 6.07) is 0.416. The lowest BCUT2D eigenvalue weighted by atomic mass is 10.1. The molecule has 26 heavy (non-hydrogen) atoms. The predicted octanol–water partition coefficient (Wildman–Crippen LogP) is -1.92. The average molecular weight is 362 g/mol. The molecule has 7 nitrogen and oxygen atoms in total. The minimum atomic E-state index is -0.00987. The summed E-state index contributed by atoms with van der Waals surface area (Å²) in [5.41, 5.74) is 2.74. The van der Waals surface area contributed by atoms with E-state index in [1.807, 2.05) is 13.8 Å². The summed E-state index contributed by atoms with van der Waals surface area (Å²) in [5.74, 6) is 0.198. The molecule has 2 fully saturated rings. The number of nitrogens with one attached hydrogen (secondary N) is 4. The van der Waals surface area contributed by atoms with E-state index in [9.17, 15) is 14.4 Å². The molecule has 1 aliphatic carbocycles. The van der Waals surface area contributed by atoms with E-state index in [0.717, 1.165) is 50.3 Å². The van der Waals surface area contributed by atoms with Gasteiger partial charge in [0.05, 0.1) is 5.69 Å². The van der Waals surface area contributed by atoms with Crippen LogP contribution < -0.4 is 15.1 Å². The van der Waals surface area contributed by atoms with Crippen molar-refractivity contribution in [1.82, 2.24) is 10.3 Å². The van der Waals surface area contributed by atoms with E-state index in [1.165, 1.54) is 16.7 Å². The Labute approximate surface area is 154 Å². The number of rotatable bonds is 7. The van der Waals surface area contributed by atoms with E-state index < -0.39 is 0 Å². The number of quaternary nitrogens is 2. The monoisotopic (exact) mass is 362 g/mol. The Bertz CT molecular complexity index is 713. The van der Waals surface area contributed by atoms with Gasteiger partial charge < -0.3 is 20.1 Å². The maximum absolute atomic E-state index is 12.7. The fourth-order valence-corrected chi connectivity index (χ4v) is 3.92. The molecule has 2 aliphatic rings. The van der Waals surface area contributed by atoms with E-state index in [4.69, 9.17) is 0 Å². The Kier molecular flexibility index (Phi) is 5.58. The lowest BCUT2D eigenvalue weighted by Gasteiger charge is -2.28. The maximum Gasteiger partial charge on any atom is 0.275 e. The van der Waals surface area contributed by atoms with Crippen molar-refractivity contribution < 1.29 is 24.2 Å². The lowest BCUT2D eigenvalue weighted by molar-refractivity contribution is -1.00. The van der Waals surface area contributed by atoms with Crippen molar-refractivity contribution in [3.63, 3.8) is 0 Å². The highest BCUT2D eigenvalue weighted by molar-refractivity contribution is 6.03. The quantitative estimate of drug-likeness (QED) is 0.427. The Balaban J connectivity index is 1.49. The summed E-state index contributed by atoms with van der Waals surface area (Å²) in [4.78, 5) is 42.0. The van der Waals surface area contributed by atoms with Crippen LogP contribution in [0.1, 0.15) is 51.9 Å². The number of ketones is 2. The average Bonchev–Trinajstić information content (AvgIpc) is 3.32. The Morgan fingerprint density at radius 2 is 1.62 bits per heavy atom. The normalized spacial score (nSPS) is 22.9. The minimum Gasteiger partial charge on any atom is -0.355 e. The molecule has 1 amide bonds. The van der Waals surface area contributed by atoms with Gasteiger partial charge in [-0.2, -0.15) is 0 Å². The molecule has 1 saturated heterocycles. The number of H-pyrrole nitrogens is 1. The van der Waals surface area contributed by atoms with Crippen LogP contribution in [0.2, 0.25) is 0 Å². The smallest absolute Gasteiger partial charge is 0.275 e. The molecule has 142 valence electrons. The van der Waals surface area contributed by atoms with E-state index in [1.54, 1.807) is 0 Å². The number of carbonyl (C=O) groups is 3. The SMILES string of the molecule is CC(=O)c1c(C)[nH]c(C(=O)C[NH+]2CC[NH+](CC(=O)NC3CC3)CC2)c1C. The largest absolute Gasteiger partial charge is 0.355 e. The van der Waals surface area contributed by atoms with Gasteiger partial charge in [0.15, 0.2) is 12.3 Å². The topological polar surface area (TPSA) is 87.9 Å². The number of hydrogen-bond donors (Lipinski definition) is 4. The number of aromatic amines is 1. The molecule has 1 aromatic rings. The van der Waals surface area contributed by atoms with Crippen molar-refractivity contribution >= 4 is 17.5 Å². The predicted molar refractivity (Wildman–Crippen MR) is 96.9 cm³/mol. The molecule has 1 aliphatic heterocycles. The first kappa shape index (κ1) is 18.8. The van der Waals surface area contributed by atoms with Crippen LogP contribution in [0.3, 0.4) is 0 Å². The van der Waals surface area contributed by atoms with Crippen LogP contribution in [-0.4, -0.2) is 67.8 Å². The molecule has 1 aromatic heterocycles. The Hall–Kier alpha value is -1.99. The second-order valence-corrected chi connectivity index (χ2v) is 7.80. The van der Waals surface area contributed by atoms with E-state index in [0.29, 0.717) is 30.4 Å². The molecule has 1 saturated carbocycles. The molecule has 0 spiro atoms. The zero-order valence-corrected chi connectivity index (χ0v) is 16.0. The second-order valence-electron chi connectivity index (χ2n) is 7.80. The number of aryl methyl sites for hydroxylation is 1. The number of hydrogen-bond acceptors (Lipinski definition) is 3. The molecular formula is C19H30N4O3+2. The fraction of sp³-hybridized carbons (Fsp3) is 0.632. The third-order valence-corrected chi connectivity index (χ3v) is 5.50. The van der Waals surface area contributed by atoms with Gasteiger partial charge in [-0.25, -0.2) is 0 Å². The van der Waals surface area contributed by atoms with Gasteiger partial charge in [0.2, 0.25) is 5.78 Å². The van der Waals surface area contributed by atoms with Crippen molar-refractivity contribution in [3.8, 4) is 0 Å². The Morgan fingerprint density at radius 3 is 2.12 bits per heavy atom. The summed E-state index contributed by atoms with van der Waals surface area (Å²) >= 11 is 0. The first-order valence-corrected chi connectivity index (χ1v) is 9.55. The summed E-state index contributed by atoms with van der Waals surface area (Å²) in [6.45, 7) is 9.75. The van der Waals surface area contributed by atoms with Crippen LogP contribution in [0, 0.1) is 13.8 Å². The van der Waals surface area contributed by atoms with Gasteiger partial charge >= 0.3 is 0 Å². The minimum absolute atomic E-state index is 0.00987. The van der Waals surface area contributed by atoms with Gasteiger partial charge in [-0.15, -0.1) is 0 Å². The third kappa shape index (κ3) is 4.40. The number of carbonyl (C=O) groups excluding carboxylic acids is 3. The van der Waals surface area contributed by atoms with Crippen LogP contribution >= 0.6 is 0 Å². The summed E-state index contributed by atoms with van der Waals surface area (Å²) < 4.78 is 0. The van der Waals surface area contributed by atoms with E-state index >= 15 is 0 Å². The van der Waals surface area contributed by atoms with Gasteiger partial charge in [0.1, 0.15) is 32.7 Å². The standard InChI is InChI=1S/C19H28N4O3/c1-12-18(14(3)24)13(2)20-19(12)16(25)10-22-6-8-23(9-7-22)11-17(26)21-15-4-5-15/h15,20H,4-11H2,1-3H3,(H,21,26)/p+2. The maximum atomic E-state index is 12.7. The van der Waals surface area contributed by atoms with Gasteiger partial charge in [-0.3, -0.25) is 14.4 Å². The van der Waals surface area contributed by atoms with Crippen LogP contribution in [0.4, 0.5) is 0 Å². The van der Waals surface area contributed by atoms with Gasteiger partial charge in [-0.1, -0.05) is 0 Å². The number of piperazine rings is 1. The molecule has 0 bridgehead atoms. The molecule has 7 heteroatoms. The Morgan fingerprint density at radius 1 is 1.04 bits per heavy atom. The van der Waals surface area contributed by atoms with Gasteiger partial charge in [0, 0.05) is 17.3 Å². The number of amides is 1. The van der Waals surface area contributed by atoms with Crippen molar-refractivity contribution in [2.75, 3.05) is 39.3 Å². The number of Topliss-reactive ketones (excluding diaryl/α,β-unsaturated/α-hetero) is 2. The highest BCUT2D eigenvalue weighted by Crippen LogP contribution is 2.19. The second kappa shape index (κ2) is 7.72. The van der Waals surface area contributed by atoms with Crippen LogP contribution in [0.15, 0.2) is 0 Å². The van der Waals surface area contributed by atoms with Crippen molar-refractivity contribution in [2.45, 2.75) is 39.7 Å². The zero-order valence-electron chi connectivity index (χ0n) is 16.0. The summed E-state index contributed by atoms with van der Waals surface area (Å²) in [6.07, 6.45) is 2.23. The first-order valence-electron chi connectivity index (χ1n) is 9.55. The molecule has 4 N–H and O–H groups in total. The third-order valence-electron chi connectivity index (χ3n) is 5.50. The van der Waals surface area contributed by atoms with Crippen LogP contribution in [0.5, 0.6) is 0 Å². The molecule has 3 rings (SSSR count). The van der Waals surface area contributed by atoms with Crippen LogP contribution in [0.25, 0.3) is 0 Å². The summed E-state index contributed by atoms with van der Waals surface area (Å²) in [7, 11) is 0. The van der Waals surface area contributed by atoms with E-state index in [2.05, 4.69) is 10.3 Å². The van der Waals surface area contributed by atoms with Crippen molar-refractivity contribution in [3.05, 3.63) is 22.5 Å². The summed E-state index contributed by atoms with van der Waals surface area (Å²) in [5, 5.41) is 3.04. The molecule has 0 atom stereocenters. The highest BCUT2D eigenvalue weighted by atomic mass is 16.2. The number of aromatic nitrogens is 1. The fourth-order valence-electron chi connectivity index (χ4n) is 3.92. The van der Waals surface area contributed by atoms with Gasteiger partial charge in [-0.05, 0) is 39.2 Å². The van der Waals surface area contributed by atoms with Gasteiger partial charge in [0.25, 0.3) is 5.91 Å². The lowest BCUT2D eigenvalue weighted by Crippen LogP contribution is -3.28. The molecule has 0 unspecified atom stereocenters. The molecule has 0 radical (unpaired) electrons. The van der Waals surface area contributed by atoms with Crippen molar-refractivity contribution in [1.29, 1.82) is 0 Å². The van der Waals surface area contributed by atoms with E-state index in [-0.39, 0.29) is 17.5 Å². The first-order chi connectivity index (χ1) is 12.3. The molecule has 0 aromatic carbocycles. The van der Waals surface area contributed by atoms with Crippen LogP contribution in [-0.2, 0) is 4.79 Å².